The molecule has 10 heteroatoms. The maximum absolute atomic E-state index is 14.1. The third-order valence-electron chi connectivity index (χ3n) is 9.40. The first kappa shape index (κ1) is 28.5. The number of ether oxygens (including phenoxy) is 1. The number of fused-ring (bicyclic) bond motifs is 1. The van der Waals surface area contributed by atoms with Crippen LogP contribution in [0, 0.1) is 31.0 Å². The van der Waals surface area contributed by atoms with Crippen LogP contribution < -0.4 is 15.4 Å². The molecule has 1 aliphatic heterocycles. The summed E-state index contributed by atoms with van der Waals surface area (Å²) in [5, 5.41) is 5.14. The molecule has 3 N–H and O–H groups in total. The lowest BCUT2D eigenvalue weighted by atomic mass is 9.61. The molecule has 1 saturated heterocycles. The second kappa shape index (κ2) is 10.4. The van der Waals surface area contributed by atoms with Gasteiger partial charge in [-0.15, -0.1) is 0 Å². The van der Waals surface area contributed by atoms with Gasteiger partial charge in [0.05, 0.1) is 40.2 Å². The molecule has 0 radical (unpaired) electrons. The van der Waals surface area contributed by atoms with E-state index in [4.69, 9.17) is 10.5 Å². The van der Waals surface area contributed by atoms with Gasteiger partial charge < -0.3 is 15.5 Å². The molecule has 45 heavy (non-hydrogen) atoms. The Balaban J connectivity index is 1.16. The molecule has 1 spiro atoms. The summed E-state index contributed by atoms with van der Waals surface area (Å²) in [6.45, 7) is 5.65. The minimum atomic E-state index is -0.576. The summed E-state index contributed by atoms with van der Waals surface area (Å²) in [4.78, 5) is 45.2. The quantitative estimate of drug-likeness (QED) is 0.156. The molecule has 228 valence electrons. The molecule has 9 nitrogen and oxygen atoms in total. The van der Waals surface area contributed by atoms with Crippen molar-refractivity contribution in [1.29, 1.82) is 0 Å². The van der Waals surface area contributed by atoms with Crippen molar-refractivity contribution in [3.8, 4) is 17.2 Å². The maximum atomic E-state index is 14.1. The van der Waals surface area contributed by atoms with Crippen molar-refractivity contribution >= 4 is 40.0 Å². The zero-order valence-corrected chi connectivity index (χ0v) is 25.2. The van der Waals surface area contributed by atoms with Crippen LogP contribution in [0.3, 0.4) is 0 Å². The fourth-order valence-electron chi connectivity index (χ4n) is 6.83. The summed E-state index contributed by atoms with van der Waals surface area (Å²) in [7, 11) is 0. The van der Waals surface area contributed by atoms with Gasteiger partial charge in [-0.2, -0.15) is 5.10 Å². The number of carbonyl (C=O) groups excluding carboxylic acids is 3. The predicted molar refractivity (Wildman–Crippen MR) is 168 cm³/mol. The number of benzene rings is 3. The van der Waals surface area contributed by atoms with E-state index in [2.05, 4.69) is 10.1 Å². The highest BCUT2D eigenvalue weighted by Crippen LogP contribution is 2.55. The van der Waals surface area contributed by atoms with E-state index in [1.165, 1.54) is 21.8 Å². The van der Waals surface area contributed by atoms with Crippen LogP contribution in [0.2, 0.25) is 0 Å². The zero-order chi connectivity index (χ0) is 31.6. The predicted octanol–water partition coefficient (Wildman–Crippen LogP) is 6.78. The van der Waals surface area contributed by atoms with E-state index >= 15 is 0 Å². The number of nitrogen functional groups attached to an aromatic ring is 1. The number of nitrogens with one attached hydrogen (secondary N) is 1. The Morgan fingerprint density at radius 1 is 1.07 bits per heavy atom. The Kier molecular flexibility index (Phi) is 6.61. The Morgan fingerprint density at radius 3 is 2.51 bits per heavy atom. The van der Waals surface area contributed by atoms with Gasteiger partial charge in [0.15, 0.2) is 11.6 Å². The highest BCUT2D eigenvalue weighted by Gasteiger charge is 2.61. The van der Waals surface area contributed by atoms with Crippen LogP contribution in [0.4, 0.5) is 15.9 Å². The van der Waals surface area contributed by atoms with Crippen LogP contribution in [0.1, 0.15) is 59.8 Å². The first-order valence-corrected chi connectivity index (χ1v) is 15.1. The number of anilines is 2. The van der Waals surface area contributed by atoms with Crippen LogP contribution in [0.5, 0.6) is 11.5 Å². The topological polar surface area (TPSA) is 123 Å². The standard InChI is InChI=1S/C35H32FN5O4/c1-4-24-33(43)40(34(44)35(24)12-7-13-35)28-17-26-21(14-19(28)2)16-27(39-26)31(42)23-18-38-41(32(23)37)22-10-11-29(20(3)15-22)45-30-9-6-5-8-25(30)36/h5-6,8-11,14-18,24,39H,4,7,12-13,37H2,1-3H3. The Labute approximate surface area is 258 Å². The number of ketones is 1. The summed E-state index contributed by atoms with van der Waals surface area (Å²) < 4.78 is 21.3. The number of aromatic amines is 1. The number of nitrogens with zero attached hydrogens (tertiary/aromatic N) is 3. The summed E-state index contributed by atoms with van der Waals surface area (Å²) in [5.74, 6) is -0.619. The Bertz CT molecular complexity index is 2040. The molecule has 1 saturated carbocycles. The van der Waals surface area contributed by atoms with Gasteiger partial charge >= 0.3 is 0 Å². The molecule has 1 aliphatic carbocycles. The number of imide groups is 1. The number of rotatable bonds is 7. The Hall–Kier alpha value is -5.25. The van der Waals surface area contributed by atoms with Gasteiger partial charge in [0.1, 0.15) is 11.6 Å². The van der Waals surface area contributed by atoms with E-state index < -0.39 is 11.2 Å². The molecule has 2 amide bonds. The van der Waals surface area contributed by atoms with E-state index in [0.29, 0.717) is 34.8 Å². The van der Waals surface area contributed by atoms with Gasteiger partial charge in [-0.1, -0.05) is 25.5 Å². The Morgan fingerprint density at radius 2 is 1.84 bits per heavy atom. The molecule has 2 aromatic heterocycles. The molecule has 2 aliphatic rings. The van der Waals surface area contributed by atoms with Crippen molar-refractivity contribution < 1.29 is 23.5 Å². The first-order valence-electron chi connectivity index (χ1n) is 15.1. The number of halogens is 1. The van der Waals surface area contributed by atoms with Crippen LogP contribution in [-0.2, 0) is 9.59 Å². The van der Waals surface area contributed by atoms with E-state index in [1.54, 1.807) is 48.5 Å². The van der Waals surface area contributed by atoms with Crippen LogP contribution in [0.15, 0.2) is 66.9 Å². The third-order valence-corrected chi connectivity index (χ3v) is 9.40. The monoisotopic (exact) mass is 605 g/mol. The second-order valence-electron chi connectivity index (χ2n) is 12.0. The lowest BCUT2D eigenvalue weighted by Crippen LogP contribution is -2.42. The van der Waals surface area contributed by atoms with Crippen LogP contribution >= 0.6 is 0 Å². The van der Waals surface area contributed by atoms with E-state index in [1.807, 2.05) is 26.8 Å². The van der Waals surface area contributed by atoms with Crippen molar-refractivity contribution in [3.63, 3.8) is 0 Å². The van der Waals surface area contributed by atoms with Crippen molar-refractivity contribution in [2.75, 3.05) is 10.6 Å². The molecule has 3 heterocycles. The number of carbonyl (C=O) groups is 3. The molecule has 7 rings (SSSR count). The molecule has 5 aromatic rings. The van der Waals surface area contributed by atoms with Gasteiger partial charge in [-0.25, -0.2) is 14.0 Å². The maximum Gasteiger partial charge on any atom is 0.240 e. The average molecular weight is 606 g/mol. The van der Waals surface area contributed by atoms with E-state index in [-0.39, 0.29) is 40.6 Å². The lowest BCUT2D eigenvalue weighted by Gasteiger charge is -2.39. The highest BCUT2D eigenvalue weighted by atomic mass is 19.1. The fraction of sp³-hybridized carbons (Fsp3) is 0.257. The molecule has 0 bridgehead atoms. The number of nitrogens with two attached hydrogens (primary N) is 1. The number of aromatic nitrogens is 3. The first-order chi connectivity index (χ1) is 21.6. The molecule has 1 atom stereocenters. The lowest BCUT2D eigenvalue weighted by molar-refractivity contribution is -0.133. The number of amides is 2. The van der Waals surface area contributed by atoms with Crippen molar-refractivity contribution in [2.24, 2.45) is 11.3 Å². The largest absolute Gasteiger partial charge is 0.454 e. The number of H-pyrrole nitrogens is 1. The van der Waals surface area contributed by atoms with Gasteiger partial charge in [0.2, 0.25) is 17.6 Å². The smallest absolute Gasteiger partial charge is 0.240 e. The number of aryl methyl sites for hydroxylation is 2. The van der Waals surface area contributed by atoms with Crippen LogP contribution in [-0.4, -0.2) is 32.4 Å². The number of para-hydroxylation sites is 1. The van der Waals surface area contributed by atoms with Gasteiger partial charge in [0.25, 0.3) is 0 Å². The minimum absolute atomic E-state index is 0.113. The van der Waals surface area contributed by atoms with Gasteiger partial charge in [-0.3, -0.25) is 14.4 Å². The van der Waals surface area contributed by atoms with Gasteiger partial charge in [0, 0.05) is 10.9 Å². The third kappa shape index (κ3) is 4.34. The molecule has 2 fully saturated rings. The zero-order valence-electron chi connectivity index (χ0n) is 25.2. The molecular weight excluding hydrogens is 573 g/mol. The normalized spacial score (nSPS) is 17.3. The fourth-order valence-corrected chi connectivity index (χ4v) is 6.83. The van der Waals surface area contributed by atoms with E-state index in [9.17, 15) is 18.8 Å². The highest BCUT2D eigenvalue weighted by molar-refractivity contribution is 6.24. The SMILES string of the molecule is CCC1C(=O)N(c2cc3[nH]c(C(=O)c4cnn(-c5ccc(Oc6ccccc6F)c(C)c5)c4N)cc3cc2C)C(=O)C12CCC2. The summed E-state index contributed by atoms with van der Waals surface area (Å²) >= 11 is 0. The number of hydrogen-bond donors (Lipinski definition) is 2. The van der Waals surface area contributed by atoms with E-state index in [0.717, 1.165) is 35.8 Å². The summed E-state index contributed by atoms with van der Waals surface area (Å²) in [6, 6.07) is 16.8. The molecular formula is C35H32FN5O4. The summed E-state index contributed by atoms with van der Waals surface area (Å²) in [6.07, 6.45) is 4.50. The minimum Gasteiger partial charge on any atom is -0.454 e. The average Bonchev–Trinajstić information content (AvgIpc) is 3.65. The number of hydrogen-bond acceptors (Lipinski definition) is 6. The molecule has 1 unspecified atom stereocenters. The van der Waals surface area contributed by atoms with Crippen LogP contribution in [0.25, 0.3) is 16.6 Å². The van der Waals surface area contributed by atoms with Crippen molar-refractivity contribution in [3.05, 3.63) is 95.1 Å². The molecule has 3 aromatic carbocycles. The van der Waals surface area contributed by atoms with Crippen molar-refractivity contribution in [1.82, 2.24) is 14.8 Å². The summed E-state index contributed by atoms with van der Waals surface area (Å²) in [5.41, 5.74) is 9.67. The van der Waals surface area contributed by atoms with Gasteiger partial charge in [-0.05, 0) is 92.8 Å². The second-order valence-corrected chi connectivity index (χ2v) is 12.0. The van der Waals surface area contributed by atoms with Crippen molar-refractivity contribution in [2.45, 2.75) is 46.5 Å².